The molecule has 1 N–H and O–H groups in total. The Labute approximate surface area is 122 Å². The van der Waals surface area contributed by atoms with E-state index < -0.39 is 0 Å². The fourth-order valence-electron chi connectivity index (χ4n) is 2.07. The Morgan fingerprint density at radius 3 is 2.32 bits per heavy atom. The lowest BCUT2D eigenvalue weighted by Gasteiger charge is -2.08. The van der Waals surface area contributed by atoms with Gasteiger partial charge in [0.25, 0.3) is 0 Å². The van der Waals surface area contributed by atoms with E-state index in [-0.39, 0.29) is 0 Å². The van der Waals surface area contributed by atoms with Crippen LogP contribution in [0.15, 0.2) is 6.33 Å². The summed E-state index contributed by atoms with van der Waals surface area (Å²) in [6.45, 7) is 5.16. The van der Waals surface area contributed by atoms with E-state index in [4.69, 9.17) is 11.6 Å². The molecule has 1 heterocycles. The highest BCUT2D eigenvalue weighted by Gasteiger charge is 2.03. The zero-order valence-corrected chi connectivity index (χ0v) is 13.0. The molecule has 0 aliphatic heterocycles. The molecule has 1 aromatic heterocycles. The van der Waals surface area contributed by atoms with Gasteiger partial charge in [-0.3, -0.25) is 0 Å². The van der Waals surface area contributed by atoms with E-state index in [2.05, 4.69) is 22.2 Å². The van der Waals surface area contributed by atoms with Crippen LogP contribution in [0.4, 0.5) is 5.82 Å². The van der Waals surface area contributed by atoms with Crippen LogP contribution in [-0.2, 0) is 0 Å². The number of unbranched alkanes of at least 4 members (excludes halogenated alkanes) is 7. The van der Waals surface area contributed by atoms with Crippen molar-refractivity contribution in [2.24, 2.45) is 0 Å². The lowest BCUT2D eigenvalue weighted by molar-refractivity contribution is 0.581. The predicted octanol–water partition coefficient (Wildman–Crippen LogP) is 4.99. The SMILES string of the molecule is CCCCCCCCCCNc1ncnc(Cl)c1C. The Bertz CT molecular complexity index is 355. The largest absolute Gasteiger partial charge is 0.370 e. The van der Waals surface area contributed by atoms with Crippen molar-refractivity contribution in [3.8, 4) is 0 Å². The number of aromatic nitrogens is 2. The zero-order valence-electron chi connectivity index (χ0n) is 12.2. The molecule has 0 radical (unpaired) electrons. The summed E-state index contributed by atoms with van der Waals surface area (Å²) in [5.74, 6) is 0.864. The summed E-state index contributed by atoms with van der Waals surface area (Å²) >= 11 is 5.95. The van der Waals surface area contributed by atoms with Crippen LogP contribution < -0.4 is 5.32 Å². The maximum atomic E-state index is 5.95. The molecule has 1 rings (SSSR count). The Morgan fingerprint density at radius 1 is 1.00 bits per heavy atom. The highest BCUT2D eigenvalue weighted by molar-refractivity contribution is 6.30. The van der Waals surface area contributed by atoms with Gasteiger partial charge in [0, 0.05) is 12.1 Å². The van der Waals surface area contributed by atoms with E-state index in [1.54, 1.807) is 0 Å². The smallest absolute Gasteiger partial charge is 0.137 e. The van der Waals surface area contributed by atoms with Gasteiger partial charge in [0.15, 0.2) is 0 Å². The van der Waals surface area contributed by atoms with Gasteiger partial charge in [0.2, 0.25) is 0 Å². The molecule has 0 spiro atoms. The molecule has 0 unspecified atom stereocenters. The van der Waals surface area contributed by atoms with Gasteiger partial charge in [-0.05, 0) is 13.3 Å². The van der Waals surface area contributed by atoms with Gasteiger partial charge >= 0.3 is 0 Å². The molecule has 0 atom stereocenters. The summed E-state index contributed by atoms with van der Waals surface area (Å²) in [5.41, 5.74) is 0.934. The van der Waals surface area contributed by atoms with Crippen molar-refractivity contribution in [1.29, 1.82) is 0 Å². The van der Waals surface area contributed by atoms with Crippen molar-refractivity contribution >= 4 is 17.4 Å². The normalized spacial score (nSPS) is 10.7. The maximum absolute atomic E-state index is 5.95. The topological polar surface area (TPSA) is 37.8 Å². The van der Waals surface area contributed by atoms with Crippen molar-refractivity contribution in [2.45, 2.75) is 65.2 Å². The third-order valence-electron chi connectivity index (χ3n) is 3.35. The monoisotopic (exact) mass is 283 g/mol. The fourth-order valence-corrected chi connectivity index (χ4v) is 2.21. The average molecular weight is 284 g/mol. The molecule has 0 saturated heterocycles. The van der Waals surface area contributed by atoms with Crippen molar-refractivity contribution in [1.82, 2.24) is 9.97 Å². The molecule has 1 aromatic rings. The van der Waals surface area contributed by atoms with Gasteiger partial charge in [-0.25, -0.2) is 9.97 Å². The summed E-state index contributed by atoms with van der Waals surface area (Å²) in [6, 6.07) is 0. The standard InChI is InChI=1S/C15H26ClN3/c1-3-4-5-6-7-8-9-10-11-17-15-13(2)14(16)18-12-19-15/h12H,3-11H2,1-2H3,(H,17,18,19). The van der Waals surface area contributed by atoms with Gasteiger partial charge in [-0.15, -0.1) is 0 Å². The molecule has 0 saturated carbocycles. The van der Waals surface area contributed by atoms with Gasteiger partial charge in [-0.1, -0.05) is 63.5 Å². The van der Waals surface area contributed by atoms with E-state index in [1.165, 1.54) is 57.7 Å². The third kappa shape index (κ3) is 6.76. The van der Waals surface area contributed by atoms with Crippen molar-refractivity contribution in [3.63, 3.8) is 0 Å². The Balaban J connectivity index is 2.03. The average Bonchev–Trinajstić information content (AvgIpc) is 2.41. The first-order valence-electron chi connectivity index (χ1n) is 7.46. The first kappa shape index (κ1) is 16.2. The van der Waals surface area contributed by atoms with Crippen LogP contribution in [0.1, 0.15) is 63.9 Å². The lowest BCUT2D eigenvalue weighted by Crippen LogP contribution is -2.05. The van der Waals surface area contributed by atoms with E-state index in [1.807, 2.05) is 6.92 Å². The number of nitrogens with one attached hydrogen (secondary N) is 1. The van der Waals surface area contributed by atoms with Gasteiger partial charge in [0.05, 0.1) is 0 Å². The van der Waals surface area contributed by atoms with Crippen molar-refractivity contribution in [3.05, 3.63) is 17.0 Å². The molecule has 0 aliphatic rings. The highest BCUT2D eigenvalue weighted by Crippen LogP contribution is 2.17. The van der Waals surface area contributed by atoms with Crippen LogP contribution in [0.3, 0.4) is 0 Å². The summed E-state index contributed by atoms with van der Waals surface area (Å²) in [4.78, 5) is 8.15. The second-order valence-electron chi connectivity index (χ2n) is 5.04. The molecule has 3 nitrogen and oxygen atoms in total. The molecular weight excluding hydrogens is 258 g/mol. The van der Waals surface area contributed by atoms with Crippen LogP contribution >= 0.6 is 11.6 Å². The van der Waals surface area contributed by atoms with E-state index in [9.17, 15) is 0 Å². The number of nitrogens with zero attached hydrogens (tertiary/aromatic N) is 2. The predicted molar refractivity (Wildman–Crippen MR) is 82.9 cm³/mol. The summed E-state index contributed by atoms with van der Waals surface area (Å²) in [6.07, 6.45) is 12.2. The molecule has 0 amide bonds. The highest BCUT2D eigenvalue weighted by atomic mass is 35.5. The van der Waals surface area contributed by atoms with E-state index in [0.29, 0.717) is 5.15 Å². The van der Waals surface area contributed by atoms with Crippen molar-refractivity contribution < 1.29 is 0 Å². The van der Waals surface area contributed by atoms with Gasteiger partial charge in [-0.2, -0.15) is 0 Å². The molecule has 19 heavy (non-hydrogen) atoms. The molecule has 0 aliphatic carbocycles. The molecular formula is C15H26ClN3. The second kappa shape index (κ2) is 10.0. The van der Waals surface area contributed by atoms with E-state index in [0.717, 1.165) is 17.9 Å². The Kier molecular flexibility index (Phi) is 8.55. The van der Waals surface area contributed by atoms with E-state index >= 15 is 0 Å². The molecule has 0 bridgehead atoms. The number of anilines is 1. The van der Waals surface area contributed by atoms with Crippen LogP contribution in [0, 0.1) is 6.92 Å². The van der Waals surface area contributed by atoms with Gasteiger partial charge < -0.3 is 5.32 Å². The summed E-state index contributed by atoms with van der Waals surface area (Å²) in [7, 11) is 0. The van der Waals surface area contributed by atoms with Crippen LogP contribution in [0.2, 0.25) is 5.15 Å². The van der Waals surface area contributed by atoms with Crippen LogP contribution in [-0.4, -0.2) is 16.5 Å². The quantitative estimate of drug-likeness (QED) is 0.485. The second-order valence-corrected chi connectivity index (χ2v) is 5.40. The summed E-state index contributed by atoms with van der Waals surface area (Å²) < 4.78 is 0. The minimum absolute atomic E-state index is 0.536. The first-order chi connectivity index (χ1) is 9.25. The number of rotatable bonds is 10. The molecule has 0 aromatic carbocycles. The molecule has 0 fully saturated rings. The molecule has 108 valence electrons. The summed E-state index contributed by atoms with van der Waals surface area (Å²) in [5, 5.41) is 3.86. The fraction of sp³-hybridized carbons (Fsp3) is 0.733. The molecule has 4 heteroatoms. The Morgan fingerprint density at radius 2 is 1.63 bits per heavy atom. The van der Waals surface area contributed by atoms with Crippen LogP contribution in [0.25, 0.3) is 0 Å². The number of halogens is 1. The minimum atomic E-state index is 0.536. The first-order valence-corrected chi connectivity index (χ1v) is 7.84. The lowest BCUT2D eigenvalue weighted by atomic mass is 10.1. The number of hydrogen-bond donors (Lipinski definition) is 1. The van der Waals surface area contributed by atoms with Crippen LogP contribution in [0.5, 0.6) is 0 Å². The van der Waals surface area contributed by atoms with Gasteiger partial charge in [0.1, 0.15) is 17.3 Å². The Hall–Kier alpha value is -0.830. The maximum Gasteiger partial charge on any atom is 0.137 e. The third-order valence-corrected chi connectivity index (χ3v) is 3.73. The zero-order chi connectivity index (χ0) is 13.9. The number of hydrogen-bond acceptors (Lipinski definition) is 3. The van der Waals surface area contributed by atoms with Crippen molar-refractivity contribution in [2.75, 3.05) is 11.9 Å². The minimum Gasteiger partial charge on any atom is -0.370 e.